The maximum absolute atomic E-state index is 13.5. The SMILES string of the molecule is OC[C@@H]1[C@H](O)[C@@H](n2cc(-c3cc(F)c(F)c(F)c3)nn2)[C@@H](O)C[SH]1c1ccccc1. The molecule has 4 rings (SSSR count). The molecule has 5 atom stereocenters. The van der Waals surface area contributed by atoms with Crippen molar-refractivity contribution in [1.82, 2.24) is 15.0 Å². The molecule has 1 unspecified atom stereocenters. The van der Waals surface area contributed by atoms with E-state index in [4.69, 9.17) is 0 Å². The Morgan fingerprint density at radius 2 is 1.73 bits per heavy atom. The number of thiol groups is 1. The molecule has 1 fully saturated rings. The number of aromatic nitrogens is 3. The van der Waals surface area contributed by atoms with Crippen molar-refractivity contribution < 1.29 is 28.5 Å². The maximum atomic E-state index is 13.5. The quantitative estimate of drug-likeness (QED) is 0.369. The van der Waals surface area contributed by atoms with Crippen molar-refractivity contribution in [2.45, 2.75) is 28.4 Å². The maximum Gasteiger partial charge on any atom is 0.194 e. The van der Waals surface area contributed by atoms with Crippen LogP contribution < -0.4 is 0 Å². The van der Waals surface area contributed by atoms with E-state index >= 15 is 0 Å². The summed E-state index contributed by atoms with van der Waals surface area (Å²) in [6.07, 6.45) is -0.778. The van der Waals surface area contributed by atoms with E-state index < -0.39 is 51.8 Å². The van der Waals surface area contributed by atoms with Gasteiger partial charge in [-0.25, -0.2) is 28.7 Å². The van der Waals surface area contributed by atoms with E-state index in [1.165, 1.54) is 10.9 Å². The summed E-state index contributed by atoms with van der Waals surface area (Å²) in [6.45, 7) is -0.277. The van der Waals surface area contributed by atoms with Crippen LogP contribution >= 0.6 is 10.9 Å². The molecule has 1 aliphatic rings. The average molecular weight is 439 g/mol. The molecule has 10 heteroatoms. The van der Waals surface area contributed by atoms with Gasteiger partial charge in [0.15, 0.2) is 17.5 Å². The summed E-state index contributed by atoms with van der Waals surface area (Å²) >= 11 is 0. The normalized spacial score (nSPS) is 27.9. The summed E-state index contributed by atoms with van der Waals surface area (Å²) in [7, 11) is -1.03. The minimum absolute atomic E-state index is 0.0253. The van der Waals surface area contributed by atoms with Crippen LogP contribution in [0.1, 0.15) is 6.04 Å². The zero-order valence-electron chi connectivity index (χ0n) is 15.6. The summed E-state index contributed by atoms with van der Waals surface area (Å²) < 4.78 is 41.5. The molecule has 1 aliphatic heterocycles. The molecule has 0 aliphatic carbocycles. The highest BCUT2D eigenvalue weighted by Crippen LogP contribution is 2.49. The monoisotopic (exact) mass is 439 g/mol. The van der Waals surface area contributed by atoms with Crippen molar-refractivity contribution in [1.29, 1.82) is 0 Å². The van der Waals surface area contributed by atoms with Crippen molar-refractivity contribution in [2.75, 3.05) is 12.4 Å². The van der Waals surface area contributed by atoms with Crippen LogP contribution in [0.2, 0.25) is 0 Å². The Labute approximate surface area is 172 Å². The van der Waals surface area contributed by atoms with Crippen LogP contribution in [0.3, 0.4) is 0 Å². The minimum atomic E-state index is -1.58. The lowest BCUT2D eigenvalue weighted by molar-refractivity contribution is 0.00762. The first-order valence-electron chi connectivity index (χ1n) is 9.26. The van der Waals surface area contributed by atoms with Crippen molar-refractivity contribution >= 4 is 10.9 Å². The first-order valence-corrected chi connectivity index (χ1v) is 10.9. The Hall–Kier alpha value is -2.40. The third kappa shape index (κ3) is 3.71. The number of nitrogens with zero attached hydrogens (tertiary/aromatic N) is 3. The summed E-state index contributed by atoms with van der Waals surface area (Å²) in [5, 5.41) is 38.9. The number of hydrogen-bond acceptors (Lipinski definition) is 5. The molecule has 6 nitrogen and oxygen atoms in total. The van der Waals surface area contributed by atoms with Crippen molar-refractivity contribution in [3.8, 4) is 11.3 Å². The third-order valence-electron chi connectivity index (χ3n) is 5.29. The molecule has 0 bridgehead atoms. The van der Waals surface area contributed by atoms with Crippen molar-refractivity contribution in [3.05, 3.63) is 66.1 Å². The Bertz CT molecular complexity index is 1010. The van der Waals surface area contributed by atoms with E-state index in [2.05, 4.69) is 10.3 Å². The molecule has 2 heterocycles. The topological polar surface area (TPSA) is 91.4 Å². The van der Waals surface area contributed by atoms with E-state index in [9.17, 15) is 28.5 Å². The number of aliphatic hydroxyl groups is 3. The number of aliphatic hydroxyl groups excluding tert-OH is 3. The largest absolute Gasteiger partial charge is 0.395 e. The molecule has 1 aromatic heterocycles. The number of hydrogen-bond donors (Lipinski definition) is 4. The van der Waals surface area contributed by atoms with E-state index in [1.54, 1.807) is 0 Å². The molecule has 0 amide bonds. The number of rotatable bonds is 4. The smallest absolute Gasteiger partial charge is 0.194 e. The van der Waals surface area contributed by atoms with Gasteiger partial charge in [0.25, 0.3) is 0 Å². The highest BCUT2D eigenvalue weighted by atomic mass is 32.2. The lowest BCUT2D eigenvalue weighted by Gasteiger charge is -2.44. The number of halogens is 3. The minimum Gasteiger partial charge on any atom is -0.395 e. The lowest BCUT2D eigenvalue weighted by atomic mass is 10.0. The van der Waals surface area contributed by atoms with Crippen LogP contribution in [0, 0.1) is 17.5 Å². The van der Waals surface area contributed by atoms with Crippen LogP contribution in [0.4, 0.5) is 13.2 Å². The van der Waals surface area contributed by atoms with Gasteiger partial charge in [-0.2, -0.15) is 0 Å². The van der Waals surface area contributed by atoms with Gasteiger partial charge < -0.3 is 15.3 Å². The molecular weight excluding hydrogens is 419 g/mol. The fourth-order valence-electron chi connectivity index (χ4n) is 3.80. The van der Waals surface area contributed by atoms with E-state index in [-0.39, 0.29) is 17.9 Å². The fraction of sp³-hybridized carbons (Fsp3) is 0.300. The second-order valence-electron chi connectivity index (χ2n) is 7.12. The molecule has 30 heavy (non-hydrogen) atoms. The van der Waals surface area contributed by atoms with Crippen LogP contribution in [-0.2, 0) is 0 Å². The molecule has 0 saturated carbocycles. The highest BCUT2D eigenvalue weighted by molar-refractivity contribution is 8.17. The average Bonchev–Trinajstić information content (AvgIpc) is 3.21. The van der Waals surface area contributed by atoms with Gasteiger partial charge in [0.05, 0.1) is 25.0 Å². The second kappa shape index (κ2) is 8.38. The third-order valence-corrected chi connectivity index (χ3v) is 8.29. The highest BCUT2D eigenvalue weighted by Gasteiger charge is 2.43. The molecular formula is C20H20F3N3O3S. The van der Waals surface area contributed by atoms with Gasteiger partial charge in [-0.05, 0) is 17.0 Å². The Morgan fingerprint density at radius 1 is 1.07 bits per heavy atom. The Morgan fingerprint density at radius 3 is 2.37 bits per heavy atom. The summed E-state index contributed by atoms with van der Waals surface area (Å²) in [4.78, 5) is 0.958. The summed E-state index contributed by atoms with van der Waals surface area (Å²) in [5.74, 6) is -3.96. The standard InChI is InChI=1S/C20H20F3N3O3S/c21-13-6-11(7-14(22)18(13)23)15-8-26(25-24-15)19-16(28)10-30(17(9-27)20(19)29)12-4-2-1-3-5-12/h1-8,16-17,19-20,27-30H,9-10H2/t16-,17+,19-,20-/m0/s1. The van der Waals surface area contributed by atoms with Crippen molar-refractivity contribution in [2.24, 2.45) is 0 Å². The van der Waals surface area contributed by atoms with Gasteiger partial charge in [-0.15, -0.1) is 5.10 Å². The summed E-state index contributed by atoms with van der Waals surface area (Å²) in [5.41, 5.74) is 0.0336. The first kappa shape index (κ1) is 20.9. The van der Waals surface area contributed by atoms with Crippen LogP contribution in [0.15, 0.2) is 53.6 Å². The molecule has 0 radical (unpaired) electrons. The molecule has 160 valence electrons. The molecule has 3 aromatic rings. The fourth-order valence-corrected chi connectivity index (χ4v) is 6.58. The number of benzene rings is 2. The van der Waals surface area contributed by atoms with Gasteiger partial charge in [0, 0.05) is 16.6 Å². The Kier molecular flexibility index (Phi) is 5.83. The predicted octanol–water partition coefficient (Wildman–Crippen LogP) is 2.06. The van der Waals surface area contributed by atoms with Gasteiger partial charge in [-0.1, -0.05) is 35.5 Å². The molecule has 0 spiro atoms. The van der Waals surface area contributed by atoms with Crippen LogP contribution in [0.5, 0.6) is 0 Å². The van der Waals surface area contributed by atoms with E-state index in [0.717, 1.165) is 17.0 Å². The zero-order valence-corrected chi connectivity index (χ0v) is 16.5. The van der Waals surface area contributed by atoms with Gasteiger partial charge in [0.2, 0.25) is 0 Å². The van der Waals surface area contributed by atoms with E-state index in [1.807, 2.05) is 30.3 Å². The van der Waals surface area contributed by atoms with Crippen LogP contribution in [0.25, 0.3) is 11.3 Å². The van der Waals surface area contributed by atoms with Gasteiger partial charge >= 0.3 is 0 Å². The molecule has 2 aromatic carbocycles. The molecule has 3 N–H and O–H groups in total. The van der Waals surface area contributed by atoms with Gasteiger partial charge in [-0.3, -0.25) is 0 Å². The van der Waals surface area contributed by atoms with E-state index in [0.29, 0.717) is 5.75 Å². The second-order valence-corrected chi connectivity index (χ2v) is 9.61. The lowest BCUT2D eigenvalue weighted by Crippen LogP contribution is -2.49. The van der Waals surface area contributed by atoms with Crippen LogP contribution in [-0.4, -0.2) is 60.1 Å². The zero-order chi connectivity index (χ0) is 21.4. The van der Waals surface area contributed by atoms with Crippen molar-refractivity contribution in [3.63, 3.8) is 0 Å². The summed E-state index contributed by atoms with van der Waals surface area (Å²) in [6, 6.07) is 10.1. The first-order chi connectivity index (χ1) is 14.4. The Balaban J connectivity index is 1.64. The van der Waals surface area contributed by atoms with Gasteiger partial charge in [0.1, 0.15) is 11.7 Å². The molecule has 1 saturated heterocycles. The predicted molar refractivity (Wildman–Crippen MR) is 106 cm³/mol.